The van der Waals surface area contributed by atoms with Gasteiger partial charge in [-0.2, -0.15) is 0 Å². The molecule has 1 heterocycles. The zero-order valence-corrected chi connectivity index (χ0v) is 14.4. The number of nitrogens with one attached hydrogen (secondary N) is 1. The van der Waals surface area contributed by atoms with Crippen LogP contribution in [0.5, 0.6) is 0 Å². The molecule has 0 atom stereocenters. The van der Waals surface area contributed by atoms with Gasteiger partial charge in [0.15, 0.2) is 5.13 Å². The molecule has 1 aromatic heterocycles. The number of fused-ring (bicyclic) bond motifs is 2. The van der Waals surface area contributed by atoms with Gasteiger partial charge in [-0.05, 0) is 35.0 Å². The zero-order chi connectivity index (χ0) is 16.4. The van der Waals surface area contributed by atoms with E-state index in [9.17, 15) is 4.79 Å². The van der Waals surface area contributed by atoms with Gasteiger partial charge in [-0.1, -0.05) is 53.8 Å². The summed E-state index contributed by atoms with van der Waals surface area (Å²) in [7, 11) is 0. The Morgan fingerprint density at radius 1 is 1.00 bits per heavy atom. The number of thioether (sulfide) groups is 1. The molecule has 4 rings (SSSR count). The van der Waals surface area contributed by atoms with Crippen LogP contribution >= 0.6 is 23.1 Å². The van der Waals surface area contributed by atoms with E-state index in [1.165, 1.54) is 33.9 Å². The maximum Gasteiger partial charge on any atom is 0.236 e. The molecule has 3 nitrogen and oxygen atoms in total. The highest BCUT2D eigenvalue weighted by molar-refractivity contribution is 8.00. The van der Waals surface area contributed by atoms with Crippen LogP contribution in [0, 0.1) is 0 Å². The molecule has 0 fully saturated rings. The van der Waals surface area contributed by atoms with E-state index < -0.39 is 0 Å². The van der Waals surface area contributed by atoms with Gasteiger partial charge in [0.1, 0.15) is 0 Å². The van der Waals surface area contributed by atoms with Gasteiger partial charge < -0.3 is 5.32 Å². The second kappa shape index (κ2) is 6.63. The van der Waals surface area contributed by atoms with Crippen LogP contribution in [0.1, 0.15) is 0 Å². The number of hydrogen-bond donors (Lipinski definition) is 1. The van der Waals surface area contributed by atoms with Crippen LogP contribution in [0.2, 0.25) is 0 Å². The Hall–Kier alpha value is -2.37. The van der Waals surface area contributed by atoms with Crippen molar-refractivity contribution in [3.05, 3.63) is 66.7 Å². The summed E-state index contributed by atoms with van der Waals surface area (Å²) in [5, 5.41) is 5.94. The lowest BCUT2D eigenvalue weighted by Crippen LogP contribution is -2.13. The SMILES string of the molecule is O=C(CSc1ccc2ccccc2c1)Nc1nc2ccccc2s1. The molecule has 1 N–H and O–H groups in total. The van der Waals surface area contributed by atoms with Crippen LogP contribution in [0.3, 0.4) is 0 Å². The van der Waals surface area contributed by atoms with Gasteiger partial charge >= 0.3 is 0 Å². The monoisotopic (exact) mass is 350 g/mol. The molecule has 0 aliphatic rings. The molecule has 0 aliphatic heterocycles. The highest BCUT2D eigenvalue weighted by Crippen LogP contribution is 2.27. The second-order valence-corrected chi connectivity index (χ2v) is 7.41. The Kier molecular flexibility index (Phi) is 4.19. The van der Waals surface area contributed by atoms with Crippen molar-refractivity contribution in [2.45, 2.75) is 4.90 Å². The number of nitrogens with zero attached hydrogens (tertiary/aromatic N) is 1. The summed E-state index contributed by atoms with van der Waals surface area (Å²) in [6.45, 7) is 0. The summed E-state index contributed by atoms with van der Waals surface area (Å²) >= 11 is 3.03. The molecule has 0 unspecified atom stereocenters. The summed E-state index contributed by atoms with van der Waals surface area (Å²) in [4.78, 5) is 17.7. The third kappa shape index (κ3) is 3.27. The molecule has 0 saturated heterocycles. The van der Waals surface area contributed by atoms with Crippen molar-refractivity contribution in [3.63, 3.8) is 0 Å². The Morgan fingerprint density at radius 2 is 1.79 bits per heavy atom. The molecule has 0 spiro atoms. The predicted molar refractivity (Wildman–Crippen MR) is 103 cm³/mol. The number of anilines is 1. The van der Waals surface area contributed by atoms with Gasteiger partial charge in [0.2, 0.25) is 5.91 Å². The number of rotatable bonds is 4. The third-order valence-corrected chi connectivity index (χ3v) is 5.58. The average molecular weight is 350 g/mol. The summed E-state index contributed by atoms with van der Waals surface area (Å²) in [6.07, 6.45) is 0. The Morgan fingerprint density at radius 3 is 2.67 bits per heavy atom. The highest BCUT2D eigenvalue weighted by Gasteiger charge is 2.08. The van der Waals surface area contributed by atoms with E-state index in [0.29, 0.717) is 10.9 Å². The average Bonchev–Trinajstić information content (AvgIpc) is 3.02. The molecule has 1 amide bonds. The fourth-order valence-corrected chi connectivity index (χ4v) is 4.11. The van der Waals surface area contributed by atoms with Crippen molar-refractivity contribution >= 4 is 55.1 Å². The first kappa shape index (κ1) is 15.2. The molecule has 5 heteroatoms. The minimum atomic E-state index is -0.0350. The van der Waals surface area contributed by atoms with E-state index in [2.05, 4.69) is 40.6 Å². The van der Waals surface area contributed by atoms with Gasteiger partial charge in [-0.3, -0.25) is 4.79 Å². The first-order chi connectivity index (χ1) is 11.8. The fourth-order valence-electron chi connectivity index (χ4n) is 2.49. The number of carbonyl (C=O) groups excluding carboxylic acids is 1. The summed E-state index contributed by atoms with van der Waals surface area (Å²) in [5.74, 6) is 0.334. The van der Waals surface area contributed by atoms with E-state index in [1.54, 1.807) is 0 Å². The van der Waals surface area contributed by atoms with Crippen LogP contribution in [-0.2, 0) is 4.79 Å². The Bertz CT molecular complexity index is 993. The lowest BCUT2D eigenvalue weighted by Gasteiger charge is -2.04. The van der Waals surface area contributed by atoms with Crippen LogP contribution in [0.25, 0.3) is 21.0 Å². The van der Waals surface area contributed by atoms with Crippen LogP contribution < -0.4 is 5.32 Å². The third-order valence-electron chi connectivity index (χ3n) is 3.63. The lowest BCUT2D eigenvalue weighted by atomic mass is 10.1. The molecule has 4 aromatic rings. The second-order valence-electron chi connectivity index (χ2n) is 5.33. The van der Waals surface area contributed by atoms with E-state index >= 15 is 0 Å². The number of aromatic nitrogens is 1. The van der Waals surface area contributed by atoms with E-state index in [1.807, 2.05) is 36.4 Å². The Balaban J connectivity index is 1.41. The molecule has 0 radical (unpaired) electrons. The lowest BCUT2D eigenvalue weighted by molar-refractivity contribution is -0.113. The first-order valence-electron chi connectivity index (χ1n) is 7.55. The van der Waals surface area contributed by atoms with Gasteiger partial charge in [0.25, 0.3) is 0 Å². The highest BCUT2D eigenvalue weighted by atomic mass is 32.2. The molecular weight excluding hydrogens is 336 g/mol. The molecule has 0 saturated carbocycles. The van der Waals surface area contributed by atoms with E-state index in [-0.39, 0.29) is 5.91 Å². The number of thiazole rings is 1. The summed E-state index contributed by atoms with van der Waals surface area (Å²) in [5.41, 5.74) is 0.917. The fraction of sp³-hybridized carbons (Fsp3) is 0.0526. The summed E-state index contributed by atoms with van der Waals surface area (Å²) < 4.78 is 1.08. The van der Waals surface area contributed by atoms with Crippen molar-refractivity contribution in [1.82, 2.24) is 4.98 Å². The number of benzene rings is 3. The molecule has 0 aliphatic carbocycles. The van der Waals surface area contributed by atoms with E-state index in [0.717, 1.165) is 15.1 Å². The maximum atomic E-state index is 12.2. The molecule has 3 aromatic carbocycles. The van der Waals surface area contributed by atoms with Crippen LogP contribution in [0.4, 0.5) is 5.13 Å². The topological polar surface area (TPSA) is 42.0 Å². The number of amides is 1. The first-order valence-corrected chi connectivity index (χ1v) is 9.35. The number of hydrogen-bond acceptors (Lipinski definition) is 4. The standard InChI is InChI=1S/C19H14N2OS2/c22-18(21-19-20-16-7-3-4-8-17(16)24-19)12-23-15-10-9-13-5-1-2-6-14(13)11-15/h1-11H,12H2,(H,20,21,22). The van der Waals surface area contributed by atoms with Gasteiger partial charge in [-0.25, -0.2) is 4.98 Å². The van der Waals surface area contributed by atoms with Gasteiger partial charge in [-0.15, -0.1) is 11.8 Å². The molecule has 24 heavy (non-hydrogen) atoms. The predicted octanol–water partition coefficient (Wildman–Crippen LogP) is 5.18. The molecular formula is C19H14N2OS2. The van der Waals surface area contributed by atoms with Crippen LogP contribution in [0.15, 0.2) is 71.6 Å². The zero-order valence-electron chi connectivity index (χ0n) is 12.7. The maximum absolute atomic E-state index is 12.2. The molecule has 0 bridgehead atoms. The van der Waals surface area contributed by atoms with Gasteiger partial charge in [0, 0.05) is 4.90 Å². The van der Waals surface area contributed by atoms with Gasteiger partial charge in [0.05, 0.1) is 16.0 Å². The minimum Gasteiger partial charge on any atom is -0.301 e. The Labute approximate surface area is 147 Å². The quantitative estimate of drug-likeness (QED) is 0.516. The summed E-state index contributed by atoms with van der Waals surface area (Å²) in [6, 6.07) is 22.4. The van der Waals surface area contributed by atoms with Crippen molar-refractivity contribution < 1.29 is 4.79 Å². The van der Waals surface area contributed by atoms with Crippen molar-refractivity contribution in [2.75, 3.05) is 11.1 Å². The molecule has 118 valence electrons. The smallest absolute Gasteiger partial charge is 0.236 e. The minimum absolute atomic E-state index is 0.0350. The normalized spacial score (nSPS) is 11.0. The van der Waals surface area contributed by atoms with Crippen molar-refractivity contribution in [2.24, 2.45) is 0 Å². The van der Waals surface area contributed by atoms with E-state index in [4.69, 9.17) is 0 Å². The largest absolute Gasteiger partial charge is 0.301 e. The van der Waals surface area contributed by atoms with Crippen LogP contribution in [-0.4, -0.2) is 16.6 Å². The number of para-hydroxylation sites is 1. The van der Waals surface area contributed by atoms with Crippen molar-refractivity contribution in [1.29, 1.82) is 0 Å². The van der Waals surface area contributed by atoms with Crippen molar-refractivity contribution in [3.8, 4) is 0 Å². The number of carbonyl (C=O) groups is 1.